The molecule has 0 atom stereocenters. The summed E-state index contributed by atoms with van der Waals surface area (Å²) < 4.78 is 33.1. The number of hydrogen-bond donors (Lipinski definition) is 1. The van der Waals surface area contributed by atoms with Gasteiger partial charge in [-0.1, -0.05) is 122 Å². The largest absolute Gasteiger partial charge is 0.294 e. The predicted molar refractivity (Wildman–Crippen MR) is 134 cm³/mol. The van der Waals surface area contributed by atoms with Crippen molar-refractivity contribution in [3.63, 3.8) is 0 Å². The van der Waals surface area contributed by atoms with Crippen LogP contribution in [0.1, 0.15) is 134 Å². The molecule has 0 aliphatic heterocycles. The number of hydrogen-bond acceptors (Lipinski definition) is 2. The zero-order valence-electron chi connectivity index (χ0n) is 20.3. The standard InChI is InChI=1S/C27H48O3S/c1-3-5-7-9-11-12-13-15-16-18-20-25-22-23-27(31(28,29)30)26(24-25)21-19-17-14-10-8-6-4-2/h22-24H,3-21H2,1-2H3,(H,28,29,30). The molecule has 0 aromatic heterocycles. The highest BCUT2D eigenvalue weighted by Crippen LogP contribution is 2.22. The van der Waals surface area contributed by atoms with E-state index in [1.54, 1.807) is 6.07 Å². The van der Waals surface area contributed by atoms with Crippen LogP contribution in [0, 0.1) is 0 Å². The topological polar surface area (TPSA) is 54.4 Å². The molecule has 0 aliphatic rings. The first-order chi connectivity index (χ1) is 15.0. The Balaban J connectivity index is 2.37. The molecule has 31 heavy (non-hydrogen) atoms. The molecule has 0 bridgehead atoms. The first-order valence-electron chi connectivity index (χ1n) is 13.1. The zero-order valence-corrected chi connectivity index (χ0v) is 21.2. The lowest BCUT2D eigenvalue weighted by molar-refractivity contribution is 0.481. The molecule has 1 aromatic rings. The Bertz CT molecular complexity index is 667. The average molecular weight is 453 g/mol. The van der Waals surface area contributed by atoms with Gasteiger partial charge in [0.1, 0.15) is 0 Å². The lowest BCUT2D eigenvalue weighted by Crippen LogP contribution is -2.04. The fraction of sp³-hybridized carbons (Fsp3) is 0.778. The fourth-order valence-electron chi connectivity index (χ4n) is 4.32. The van der Waals surface area contributed by atoms with Gasteiger partial charge in [-0.15, -0.1) is 0 Å². The van der Waals surface area contributed by atoms with E-state index in [4.69, 9.17) is 0 Å². The predicted octanol–water partition coefficient (Wildman–Crippen LogP) is 8.69. The number of unbranched alkanes of at least 4 members (excludes halogenated alkanes) is 15. The highest BCUT2D eigenvalue weighted by Gasteiger charge is 2.15. The summed E-state index contributed by atoms with van der Waals surface area (Å²) in [5.41, 5.74) is 1.99. The highest BCUT2D eigenvalue weighted by atomic mass is 32.2. The van der Waals surface area contributed by atoms with Crippen LogP contribution < -0.4 is 0 Å². The first-order valence-corrected chi connectivity index (χ1v) is 14.5. The summed E-state index contributed by atoms with van der Waals surface area (Å²) >= 11 is 0. The third kappa shape index (κ3) is 14.0. The molecule has 180 valence electrons. The van der Waals surface area contributed by atoms with Crippen LogP contribution in [0.5, 0.6) is 0 Å². The molecule has 1 aromatic carbocycles. The van der Waals surface area contributed by atoms with Crippen molar-refractivity contribution in [2.75, 3.05) is 0 Å². The molecule has 0 fully saturated rings. The molecule has 0 unspecified atom stereocenters. The number of aryl methyl sites for hydroxylation is 2. The molecule has 0 amide bonds. The van der Waals surface area contributed by atoms with Crippen molar-refractivity contribution in [2.45, 2.75) is 141 Å². The minimum absolute atomic E-state index is 0.102. The van der Waals surface area contributed by atoms with Crippen LogP contribution in [0.25, 0.3) is 0 Å². The molecule has 0 saturated carbocycles. The lowest BCUT2D eigenvalue weighted by Gasteiger charge is -2.10. The van der Waals surface area contributed by atoms with Gasteiger partial charge in [0.25, 0.3) is 10.1 Å². The maximum Gasteiger partial charge on any atom is 0.294 e. The van der Waals surface area contributed by atoms with E-state index in [0.717, 1.165) is 37.7 Å². The van der Waals surface area contributed by atoms with E-state index in [1.165, 1.54) is 95.5 Å². The third-order valence-electron chi connectivity index (χ3n) is 6.27. The summed E-state index contributed by atoms with van der Waals surface area (Å²) in [6.07, 6.45) is 23.3. The summed E-state index contributed by atoms with van der Waals surface area (Å²) in [7, 11) is -4.15. The van der Waals surface area contributed by atoms with E-state index in [1.807, 2.05) is 12.1 Å². The van der Waals surface area contributed by atoms with Crippen molar-refractivity contribution < 1.29 is 13.0 Å². The van der Waals surface area contributed by atoms with E-state index in [9.17, 15) is 13.0 Å². The van der Waals surface area contributed by atoms with Crippen molar-refractivity contribution in [2.24, 2.45) is 0 Å². The van der Waals surface area contributed by atoms with Gasteiger partial charge in [-0.3, -0.25) is 4.55 Å². The minimum Gasteiger partial charge on any atom is -0.282 e. The monoisotopic (exact) mass is 452 g/mol. The zero-order chi connectivity index (χ0) is 22.8. The molecule has 0 heterocycles. The summed E-state index contributed by atoms with van der Waals surface area (Å²) in [5, 5.41) is 0. The van der Waals surface area contributed by atoms with Crippen molar-refractivity contribution in [3.05, 3.63) is 29.3 Å². The Kier molecular flexibility index (Phi) is 16.0. The molecule has 4 heteroatoms. The van der Waals surface area contributed by atoms with Crippen LogP contribution in [0.2, 0.25) is 0 Å². The van der Waals surface area contributed by atoms with E-state index in [0.29, 0.717) is 0 Å². The molecule has 0 saturated heterocycles. The molecule has 3 nitrogen and oxygen atoms in total. The summed E-state index contributed by atoms with van der Waals surface area (Å²) in [4.78, 5) is 0.102. The molecular formula is C27H48O3S. The normalized spacial score (nSPS) is 11.8. The smallest absolute Gasteiger partial charge is 0.282 e. The van der Waals surface area contributed by atoms with Crippen LogP contribution >= 0.6 is 0 Å². The average Bonchev–Trinajstić information content (AvgIpc) is 2.73. The molecule has 0 aliphatic carbocycles. The van der Waals surface area contributed by atoms with E-state index < -0.39 is 10.1 Å². The number of benzene rings is 1. The van der Waals surface area contributed by atoms with Crippen LogP contribution in [-0.4, -0.2) is 13.0 Å². The van der Waals surface area contributed by atoms with Crippen LogP contribution in [-0.2, 0) is 23.0 Å². The van der Waals surface area contributed by atoms with E-state index in [-0.39, 0.29) is 4.90 Å². The quantitative estimate of drug-likeness (QED) is 0.159. The van der Waals surface area contributed by atoms with Gasteiger partial charge < -0.3 is 0 Å². The van der Waals surface area contributed by atoms with Crippen molar-refractivity contribution in [1.29, 1.82) is 0 Å². The number of rotatable bonds is 20. The van der Waals surface area contributed by atoms with Crippen molar-refractivity contribution in [3.8, 4) is 0 Å². The highest BCUT2D eigenvalue weighted by molar-refractivity contribution is 7.85. The van der Waals surface area contributed by atoms with Gasteiger partial charge in [0, 0.05) is 0 Å². The van der Waals surface area contributed by atoms with Crippen LogP contribution in [0.3, 0.4) is 0 Å². The third-order valence-corrected chi connectivity index (χ3v) is 7.23. The minimum atomic E-state index is -4.15. The second-order valence-electron chi connectivity index (χ2n) is 9.22. The Morgan fingerprint density at radius 1 is 0.613 bits per heavy atom. The molecule has 1 rings (SSSR count). The Morgan fingerprint density at radius 3 is 1.48 bits per heavy atom. The Morgan fingerprint density at radius 2 is 1.03 bits per heavy atom. The Hall–Kier alpha value is -0.870. The second kappa shape index (κ2) is 17.7. The summed E-state index contributed by atoms with van der Waals surface area (Å²) in [6.45, 7) is 4.48. The van der Waals surface area contributed by atoms with Gasteiger partial charge in [0.05, 0.1) is 4.90 Å². The maximum atomic E-state index is 11.8. The van der Waals surface area contributed by atoms with Crippen molar-refractivity contribution in [1.82, 2.24) is 0 Å². The van der Waals surface area contributed by atoms with Gasteiger partial charge in [-0.2, -0.15) is 8.42 Å². The summed E-state index contributed by atoms with van der Waals surface area (Å²) in [5.74, 6) is 0. The van der Waals surface area contributed by atoms with Gasteiger partial charge in [0.2, 0.25) is 0 Å². The summed E-state index contributed by atoms with van der Waals surface area (Å²) in [6, 6.07) is 5.51. The van der Waals surface area contributed by atoms with Gasteiger partial charge in [-0.25, -0.2) is 0 Å². The van der Waals surface area contributed by atoms with Crippen LogP contribution in [0.15, 0.2) is 23.1 Å². The Labute approximate surface area is 193 Å². The molecular weight excluding hydrogens is 404 g/mol. The van der Waals surface area contributed by atoms with Gasteiger partial charge in [0.15, 0.2) is 0 Å². The van der Waals surface area contributed by atoms with Crippen molar-refractivity contribution >= 4 is 10.1 Å². The molecule has 1 N–H and O–H groups in total. The maximum absolute atomic E-state index is 11.8. The lowest BCUT2D eigenvalue weighted by atomic mass is 9.99. The molecule has 0 spiro atoms. The van der Waals surface area contributed by atoms with E-state index in [2.05, 4.69) is 13.8 Å². The second-order valence-corrected chi connectivity index (χ2v) is 10.6. The first kappa shape index (κ1) is 28.2. The molecule has 0 radical (unpaired) electrons. The van der Waals surface area contributed by atoms with Gasteiger partial charge >= 0.3 is 0 Å². The van der Waals surface area contributed by atoms with E-state index >= 15 is 0 Å². The SMILES string of the molecule is CCCCCCCCCCCCc1ccc(S(=O)(=O)O)c(CCCCCCCCC)c1. The van der Waals surface area contributed by atoms with Crippen LogP contribution in [0.4, 0.5) is 0 Å². The fourth-order valence-corrected chi connectivity index (χ4v) is 5.06. The van der Waals surface area contributed by atoms with Gasteiger partial charge in [-0.05, 0) is 42.9 Å².